The third-order valence-electron chi connectivity index (χ3n) is 1.46. The molecule has 0 amide bonds. The molecule has 1 rings (SSSR count). The molecule has 0 aliphatic rings. The molecule has 1 N–H and O–H groups in total. The van der Waals surface area contributed by atoms with Crippen LogP contribution in [0.25, 0.3) is 0 Å². The minimum atomic E-state index is -0.754. The minimum Gasteiger partial charge on any atom is -0.461 e. The molecule has 0 radical (unpaired) electrons. The Hall–Kier alpha value is -1.92. The summed E-state index contributed by atoms with van der Waals surface area (Å²) in [6.07, 6.45) is 1.64. The third-order valence-corrected chi connectivity index (χ3v) is 1.46. The Morgan fingerprint density at radius 2 is 2.50 bits per heavy atom. The molecular formula is C7H9N3O4. The smallest absolute Gasteiger partial charge is 0.363 e. The second kappa shape index (κ2) is 4.35. The number of aromatic nitrogens is 2. The molecule has 0 saturated heterocycles. The van der Waals surface area contributed by atoms with Crippen molar-refractivity contribution in [3.63, 3.8) is 0 Å². The maximum absolute atomic E-state index is 11.2. The van der Waals surface area contributed by atoms with E-state index in [1.807, 2.05) is 6.92 Å². The number of nitro groups is 1. The van der Waals surface area contributed by atoms with Crippen LogP contribution in [0.3, 0.4) is 0 Å². The number of carbonyl (C=O) groups is 1. The second-order valence-electron chi connectivity index (χ2n) is 2.52. The predicted octanol–water partition coefficient (Wildman–Crippen LogP) is 0.885. The summed E-state index contributed by atoms with van der Waals surface area (Å²) < 4.78 is 4.71. The van der Waals surface area contributed by atoms with Gasteiger partial charge in [0, 0.05) is 0 Å². The molecule has 0 spiro atoms. The normalized spacial score (nSPS) is 9.79. The van der Waals surface area contributed by atoms with Crippen molar-refractivity contribution in [2.75, 3.05) is 6.61 Å². The summed E-state index contributed by atoms with van der Waals surface area (Å²) in [6.45, 7) is 2.06. The molecule has 0 aromatic carbocycles. The lowest BCUT2D eigenvalue weighted by molar-refractivity contribution is -0.385. The van der Waals surface area contributed by atoms with Crippen LogP contribution in [-0.2, 0) is 4.74 Å². The number of esters is 1. The number of ether oxygens (including phenoxy) is 1. The topological polar surface area (TPSA) is 98.1 Å². The fourth-order valence-corrected chi connectivity index (χ4v) is 0.835. The average molecular weight is 199 g/mol. The zero-order valence-corrected chi connectivity index (χ0v) is 7.52. The van der Waals surface area contributed by atoms with Crippen molar-refractivity contribution in [2.24, 2.45) is 0 Å². The van der Waals surface area contributed by atoms with E-state index < -0.39 is 10.9 Å². The van der Waals surface area contributed by atoms with Crippen LogP contribution in [-0.4, -0.2) is 27.7 Å². The predicted molar refractivity (Wildman–Crippen MR) is 45.8 cm³/mol. The Labute approximate surface area is 79.2 Å². The van der Waals surface area contributed by atoms with Gasteiger partial charge in [0.25, 0.3) is 0 Å². The molecule has 0 unspecified atom stereocenters. The lowest BCUT2D eigenvalue weighted by Gasteiger charge is -1.99. The number of aromatic amines is 1. The van der Waals surface area contributed by atoms with Crippen LogP contribution < -0.4 is 0 Å². The van der Waals surface area contributed by atoms with Gasteiger partial charge in [0.2, 0.25) is 5.69 Å². The van der Waals surface area contributed by atoms with Crippen LogP contribution in [0.15, 0.2) is 6.20 Å². The number of rotatable bonds is 4. The van der Waals surface area contributed by atoms with Crippen molar-refractivity contribution in [3.8, 4) is 0 Å². The first-order valence-corrected chi connectivity index (χ1v) is 4.01. The van der Waals surface area contributed by atoms with Crippen LogP contribution in [0.1, 0.15) is 23.8 Å². The van der Waals surface area contributed by atoms with E-state index in [1.165, 1.54) is 0 Å². The van der Waals surface area contributed by atoms with Crippen LogP contribution in [0.2, 0.25) is 0 Å². The Morgan fingerprint density at radius 3 is 3.07 bits per heavy atom. The van der Waals surface area contributed by atoms with Crippen LogP contribution in [0.4, 0.5) is 5.69 Å². The highest BCUT2D eigenvalue weighted by molar-refractivity contribution is 5.91. The van der Waals surface area contributed by atoms with E-state index in [2.05, 4.69) is 10.2 Å². The van der Waals surface area contributed by atoms with Gasteiger partial charge in [0.1, 0.15) is 6.20 Å². The lowest BCUT2D eigenvalue weighted by atomic mass is 10.4. The number of nitrogens with one attached hydrogen (secondary N) is 1. The van der Waals surface area contributed by atoms with Gasteiger partial charge < -0.3 is 4.74 Å². The van der Waals surface area contributed by atoms with Gasteiger partial charge in [-0.25, -0.2) is 4.79 Å². The van der Waals surface area contributed by atoms with E-state index in [9.17, 15) is 14.9 Å². The molecule has 1 aromatic rings. The van der Waals surface area contributed by atoms with Gasteiger partial charge in [-0.2, -0.15) is 5.10 Å². The Morgan fingerprint density at radius 1 is 1.79 bits per heavy atom. The highest BCUT2D eigenvalue weighted by atomic mass is 16.6. The molecule has 7 heteroatoms. The van der Waals surface area contributed by atoms with Gasteiger partial charge in [-0.3, -0.25) is 15.2 Å². The van der Waals surface area contributed by atoms with Crippen molar-refractivity contribution in [1.82, 2.24) is 10.2 Å². The standard InChI is InChI=1S/C7H9N3O4/c1-2-3-14-7(11)6-5(10(12)13)4-8-9-6/h4H,2-3H2,1H3,(H,8,9). The van der Waals surface area contributed by atoms with E-state index in [-0.39, 0.29) is 18.0 Å². The van der Waals surface area contributed by atoms with E-state index in [0.717, 1.165) is 6.20 Å². The summed E-state index contributed by atoms with van der Waals surface area (Å²) >= 11 is 0. The van der Waals surface area contributed by atoms with E-state index >= 15 is 0 Å². The molecule has 76 valence electrons. The summed E-state index contributed by atoms with van der Waals surface area (Å²) in [6, 6.07) is 0. The van der Waals surface area contributed by atoms with Gasteiger partial charge in [-0.15, -0.1) is 0 Å². The molecular weight excluding hydrogens is 190 g/mol. The minimum absolute atomic E-state index is 0.219. The highest BCUT2D eigenvalue weighted by Gasteiger charge is 2.23. The van der Waals surface area contributed by atoms with E-state index in [1.54, 1.807) is 0 Å². The number of carbonyl (C=O) groups excluding carboxylic acids is 1. The fraction of sp³-hybridized carbons (Fsp3) is 0.429. The molecule has 0 bridgehead atoms. The molecule has 0 saturated carbocycles. The van der Waals surface area contributed by atoms with Crippen molar-refractivity contribution < 1.29 is 14.5 Å². The monoisotopic (exact) mass is 199 g/mol. The van der Waals surface area contributed by atoms with Crippen molar-refractivity contribution in [1.29, 1.82) is 0 Å². The quantitative estimate of drug-likeness (QED) is 0.441. The summed E-state index contributed by atoms with van der Waals surface area (Å²) in [5.74, 6) is -0.754. The van der Waals surface area contributed by atoms with Gasteiger partial charge in [-0.05, 0) is 6.42 Å². The molecule has 0 aliphatic carbocycles. The SMILES string of the molecule is CCCOC(=O)c1[nH]ncc1[N+](=O)[O-]. The number of hydrogen-bond acceptors (Lipinski definition) is 5. The van der Waals surface area contributed by atoms with Crippen molar-refractivity contribution >= 4 is 11.7 Å². The van der Waals surface area contributed by atoms with Gasteiger partial charge in [0.05, 0.1) is 11.5 Å². The summed E-state index contributed by atoms with van der Waals surface area (Å²) in [5, 5.41) is 16.0. The second-order valence-corrected chi connectivity index (χ2v) is 2.52. The van der Waals surface area contributed by atoms with Gasteiger partial charge >= 0.3 is 11.7 Å². The molecule has 1 aromatic heterocycles. The van der Waals surface area contributed by atoms with Crippen LogP contribution >= 0.6 is 0 Å². The number of hydrogen-bond donors (Lipinski definition) is 1. The summed E-state index contributed by atoms with van der Waals surface area (Å²) in [4.78, 5) is 20.9. The first-order valence-electron chi connectivity index (χ1n) is 4.01. The van der Waals surface area contributed by atoms with E-state index in [0.29, 0.717) is 6.42 Å². The average Bonchev–Trinajstić information content (AvgIpc) is 2.62. The summed E-state index contributed by atoms with van der Waals surface area (Å²) in [5.41, 5.74) is -0.588. The highest BCUT2D eigenvalue weighted by Crippen LogP contribution is 2.15. The maximum atomic E-state index is 11.2. The molecule has 0 fully saturated rings. The van der Waals surface area contributed by atoms with E-state index in [4.69, 9.17) is 4.74 Å². The molecule has 0 aliphatic heterocycles. The van der Waals surface area contributed by atoms with Crippen molar-refractivity contribution in [3.05, 3.63) is 22.0 Å². The van der Waals surface area contributed by atoms with Gasteiger partial charge in [0.15, 0.2) is 0 Å². The lowest BCUT2D eigenvalue weighted by Crippen LogP contribution is -2.08. The Bertz CT molecular complexity index is 346. The van der Waals surface area contributed by atoms with Gasteiger partial charge in [-0.1, -0.05) is 6.92 Å². The summed E-state index contributed by atoms with van der Waals surface area (Å²) in [7, 11) is 0. The first kappa shape index (κ1) is 10.2. The maximum Gasteiger partial charge on any atom is 0.363 e. The first-order chi connectivity index (χ1) is 6.66. The largest absolute Gasteiger partial charge is 0.461 e. The van der Waals surface area contributed by atoms with Crippen LogP contribution in [0, 0.1) is 10.1 Å². The zero-order valence-electron chi connectivity index (χ0n) is 7.52. The molecule has 1 heterocycles. The number of H-pyrrole nitrogens is 1. The number of nitrogens with zero attached hydrogens (tertiary/aromatic N) is 2. The molecule has 7 nitrogen and oxygen atoms in total. The molecule has 14 heavy (non-hydrogen) atoms. The fourth-order valence-electron chi connectivity index (χ4n) is 0.835. The molecule has 0 atom stereocenters. The van der Waals surface area contributed by atoms with Crippen molar-refractivity contribution in [2.45, 2.75) is 13.3 Å². The third kappa shape index (κ3) is 2.06. The Kier molecular flexibility index (Phi) is 3.16. The zero-order chi connectivity index (χ0) is 10.6. The van der Waals surface area contributed by atoms with Crippen LogP contribution in [0.5, 0.6) is 0 Å². The Balaban J connectivity index is 2.79.